The molecule has 0 saturated carbocycles. The number of hydrogen-bond donors (Lipinski definition) is 2. The second kappa shape index (κ2) is 6.29. The van der Waals surface area contributed by atoms with Gasteiger partial charge in [0.25, 0.3) is 0 Å². The Bertz CT molecular complexity index is 112. The zero-order chi connectivity index (χ0) is 7.82. The summed E-state index contributed by atoms with van der Waals surface area (Å²) < 4.78 is 0. The highest BCUT2D eigenvalue weighted by atomic mass is 16.1. The maximum absolute atomic E-state index is 10.5. The minimum atomic E-state index is -0.114. The third-order valence-electron chi connectivity index (χ3n) is 1.12. The number of carbonyl (C=O) groups excluding carboxylic acids is 1. The Morgan fingerprint density at radius 3 is 2.80 bits per heavy atom. The van der Waals surface area contributed by atoms with Crippen LogP contribution in [0.1, 0.15) is 12.8 Å². The molecule has 0 heterocycles. The molecule has 0 fully saturated rings. The normalized spacial score (nSPS) is 8.90. The molecule has 0 aliphatic rings. The molecule has 3 heteroatoms. The van der Waals surface area contributed by atoms with Gasteiger partial charge in [-0.3, -0.25) is 4.79 Å². The molecule has 0 aliphatic carbocycles. The molecule has 3 N–H and O–H groups in total. The molecule has 0 aromatic carbocycles. The second-order valence-corrected chi connectivity index (χ2v) is 1.99. The second-order valence-electron chi connectivity index (χ2n) is 1.99. The van der Waals surface area contributed by atoms with Gasteiger partial charge < -0.3 is 11.1 Å². The van der Waals surface area contributed by atoms with E-state index in [0.717, 1.165) is 12.8 Å². The van der Waals surface area contributed by atoms with Gasteiger partial charge in [-0.25, -0.2) is 0 Å². The van der Waals surface area contributed by atoms with E-state index < -0.39 is 0 Å². The molecule has 0 unspecified atom stereocenters. The first kappa shape index (κ1) is 9.17. The Hall–Kier alpha value is -0.830. The molecule has 3 nitrogen and oxygen atoms in total. The summed E-state index contributed by atoms with van der Waals surface area (Å²) in [6, 6.07) is 0. The van der Waals surface area contributed by atoms with E-state index in [9.17, 15) is 4.79 Å². The lowest BCUT2D eigenvalue weighted by atomic mass is 10.3. The summed E-state index contributed by atoms with van der Waals surface area (Å²) in [4.78, 5) is 10.5. The number of carbonyl (C=O) groups is 1. The zero-order valence-corrected chi connectivity index (χ0v) is 6.10. The highest BCUT2D eigenvalue weighted by molar-refractivity contribution is 5.86. The van der Waals surface area contributed by atoms with Crippen LogP contribution in [-0.4, -0.2) is 19.0 Å². The van der Waals surface area contributed by atoms with Gasteiger partial charge in [0.15, 0.2) is 0 Å². The summed E-state index contributed by atoms with van der Waals surface area (Å²) in [5, 5.41) is 2.65. The minimum absolute atomic E-state index is 0.114. The van der Waals surface area contributed by atoms with E-state index in [1.807, 2.05) is 0 Å². The van der Waals surface area contributed by atoms with Crippen LogP contribution in [0.5, 0.6) is 0 Å². The van der Waals surface area contributed by atoms with Gasteiger partial charge in [-0.15, -0.1) is 0 Å². The summed E-state index contributed by atoms with van der Waals surface area (Å²) in [6.07, 6.45) is 3.16. The van der Waals surface area contributed by atoms with E-state index in [-0.39, 0.29) is 5.91 Å². The van der Waals surface area contributed by atoms with Crippen LogP contribution >= 0.6 is 0 Å². The van der Waals surface area contributed by atoms with Crippen molar-refractivity contribution in [1.82, 2.24) is 5.32 Å². The van der Waals surface area contributed by atoms with Crippen molar-refractivity contribution in [3.8, 4) is 0 Å². The van der Waals surface area contributed by atoms with Crippen molar-refractivity contribution >= 4 is 5.91 Å². The van der Waals surface area contributed by atoms with Crippen molar-refractivity contribution in [3.05, 3.63) is 12.7 Å². The van der Waals surface area contributed by atoms with Crippen molar-refractivity contribution in [3.63, 3.8) is 0 Å². The quantitative estimate of drug-likeness (QED) is 0.420. The lowest BCUT2D eigenvalue weighted by Crippen LogP contribution is -2.22. The van der Waals surface area contributed by atoms with Crippen LogP contribution in [0.2, 0.25) is 0 Å². The van der Waals surface area contributed by atoms with E-state index in [4.69, 9.17) is 5.73 Å². The van der Waals surface area contributed by atoms with Crippen LogP contribution in [-0.2, 0) is 4.79 Å². The molecule has 0 aromatic heterocycles. The van der Waals surface area contributed by atoms with Gasteiger partial charge in [-0.2, -0.15) is 0 Å². The number of nitrogens with two attached hydrogens (primary N) is 1. The summed E-state index contributed by atoms with van der Waals surface area (Å²) in [6.45, 7) is 4.70. The molecular weight excluding hydrogens is 128 g/mol. The fourth-order valence-corrected chi connectivity index (χ4v) is 0.553. The topological polar surface area (TPSA) is 55.1 Å². The first-order chi connectivity index (χ1) is 4.81. The molecule has 0 saturated heterocycles. The Morgan fingerprint density at radius 2 is 2.30 bits per heavy atom. The highest BCUT2D eigenvalue weighted by Crippen LogP contribution is 1.81. The van der Waals surface area contributed by atoms with Crippen molar-refractivity contribution in [1.29, 1.82) is 0 Å². The average molecular weight is 142 g/mol. The van der Waals surface area contributed by atoms with E-state index in [1.165, 1.54) is 6.08 Å². The number of unbranched alkanes of at least 4 members (excludes halogenated alkanes) is 1. The van der Waals surface area contributed by atoms with Gasteiger partial charge >= 0.3 is 0 Å². The predicted octanol–water partition coefficient (Wildman–Crippen LogP) is 0.0275. The van der Waals surface area contributed by atoms with Gasteiger partial charge in [-0.05, 0) is 25.5 Å². The van der Waals surface area contributed by atoms with Crippen LogP contribution in [0, 0.1) is 0 Å². The molecule has 0 spiro atoms. The number of amides is 1. The average Bonchev–Trinajstić information content (AvgIpc) is 1.98. The highest BCUT2D eigenvalue weighted by Gasteiger charge is 1.90. The molecule has 0 bridgehead atoms. The van der Waals surface area contributed by atoms with Gasteiger partial charge in [0.05, 0.1) is 0 Å². The standard InChI is InChI=1S/C7H14N2O/c1-2-7(10)9-6-4-3-5-8/h2H,1,3-6,8H2,(H,9,10). The first-order valence-corrected chi connectivity index (χ1v) is 3.41. The number of hydrogen-bond acceptors (Lipinski definition) is 2. The monoisotopic (exact) mass is 142 g/mol. The maximum Gasteiger partial charge on any atom is 0.243 e. The van der Waals surface area contributed by atoms with E-state index in [0.29, 0.717) is 13.1 Å². The number of rotatable bonds is 5. The van der Waals surface area contributed by atoms with Gasteiger partial charge in [0.1, 0.15) is 0 Å². The van der Waals surface area contributed by atoms with Crippen LogP contribution in [0.4, 0.5) is 0 Å². The third kappa shape index (κ3) is 5.31. The molecule has 10 heavy (non-hydrogen) atoms. The van der Waals surface area contributed by atoms with Crippen LogP contribution in [0.3, 0.4) is 0 Å². The molecular formula is C7H14N2O. The fraction of sp³-hybridized carbons (Fsp3) is 0.571. The first-order valence-electron chi connectivity index (χ1n) is 3.41. The predicted molar refractivity (Wildman–Crippen MR) is 41.5 cm³/mol. The van der Waals surface area contributed by atoms with Crippen LogP contribution < -0.4 is 11.1 Å². The minimum Gasteiger partial charge on any atom is -0.353 e. The molecule has 0 atom stereocenters. The molecule has 58 valence electrons. The van der Waals surface area contributed by atoms with Crippen molar-refractivity contribution in [2.75, 3.05) is 13.1 Å². The summed E-state index contributed by atoms with van der Waals surface area (Å²) in [7, 11) is 0. The summed E-state index contributed by atoms with van der Waals surface area (Å²) in [5.74, 6) is -0.114. The SMILES string of the molecule is C=CC(=O)NCCCCN. The van der Waals surface area contributed by atoms with Crippen LogP contribution in [0.15, 0.2) is 12.7 Å². The molecule has 0 rings (SSSR count). The van der Waals surface area contributed by atoms with Gasteiger partial charge in [0, 0.05) is 6.54 Å². The van der Waals surface area contributed by atoms with Crippen molar-refractivity contribution in [2.24, 2.45) is 5.73 Å². The van der Waals surface area contributed by atoms with Crippen LogP contribution in [0.25, 0.3) is 0 Å². The smallest absolute Gasteiger partial charge is 0.243 e. The Balaban J connectivity index is 3.03. The lowest BCUT2D eigenvalue weighted by Gasteiger charge is -1.98. The Kier molecular flexibility index (Phi) is 5.77. The molecule has 0 aliphatic heterocycles. The third-order valence-corrected chi connectivity index (χ3v) is 1.12. The van der Waals surface area contributed by atoms with Crippen molar-refractivity contribution in [2.45, 2.75) is 12.8 Å². The van der Waals surface area contributed by atoms with Crippen molar-refractivity contribution < 1.29 is 4.79 Å². The molecule has 0 aromatic rings. The largest absolute Gasteiger partial charge is 0.353 e. The fourth-order valence-electron chi connectivity index (χ4n) is 0.553. The lowest BCUT2D eigenvalue weighted by molar-refractivity contribution is -0.116. The van der Waals surface area contributed by atoms with Gasteiger partial charge in [-0.1, -0.05) is 6.58 Å². The Labute approximate surface area is 61.3 Å². The maximum atomic E-state index is 10.5. The van der Waals surface area contributed by atoms with E-state index >= 15 is 0 Å². The van der Waals surface area contributed by atoms with E-state index in [1.54, 1.807) is 0 Å². The van der Waals surface area contributed by atoms with Gasteiger partial charge in [0.2, 0.25) is 5.91 Å². The number of nitrogens with one attached hydrogen (secondary N) is 1. The van der Waals surface area contributed by atoms with E-state index in [2.05, 4.69) is 11.9 Å². The zero-order valence-electron chi connectivity index (χ0n) is 6.10. The summed E-state index contributed by atoms with van der Waals surface area (Å²) >= 11 is 0. The molecule has 0 radical (unpaired) electrons. The molecule has 1 amide bonds. The Morgan fingerprint density at radius 1 is 1.60 bits per heavy atom. The summed E-state index contributed by atoms with van der Waals surface area (Å²) in [5.41, 5.74) is 5.25.